The van der Waals surface area contributed by atoms with E-state index in [1.807, 2.05) is 13.0 Å². The molecule has 2 rings (SSSR count). The zero-order chi connectivity index (χ0) is 13.8. The number of hydrogen-bond donors (Lipinski definition) is 3. The first-order valence-corrected chi connectivity index (χ1v) is 6.09. The van der Waals surface area contributed by atoms with Crippen molar-refractivity contribution in [2.45, 2.75) is 25.7 Å². The van der Waals surface area contributed by atoms with Crippen molar-refractivity contribution in [1.29, 1.82) is 0 Å². The van der Waals surface area contributed by atoms with E-state index in [2.05, 4.69) is 20.7 Å². The standard InChI is InChI=1S/C13H17N3O3/c1-8-6-11(17)16-13(14-8)15-10-5-3-4-9(7-10)12(18)19-2/h3-5,7-8,13-15H,6H2,1-2H3,(H,16,17). The van der Waals surface area contributed by atoms with Crippen LogP contribution in [-0.4, -0.2) is 31.3 Å². The third-order valence-electron chi connectivity index (χ3n) is 2.84. The van der Waals surface area contributed by atoms with E-state index < -0.39 is 5.97 Å². The van der Waals surface area contributed by atoms with E-state index in [1.54, 1.807) is 18.2 Å². The second-order valence-corrected chi connectivity index (χ2v) is 4.49. The van der Waals surface area contributed by atoms with Gasteiger partial charge in [-0.1, -0.05) is 6.07 Å². The molecular formula is C13H17N3O3. The Balaban J connectivity index is 2.06. The van der Waals surface area contributed by atoms with Crippen molar-refractivity contribution in [3.05, 3.63) is 29.8 Å². The Labute approximate surface area is 111 Å². The largest absolute Gasteiger partial charge is 0.465 e. The molecule has 1 aromatic carbocycles. The van der Waals surface area contributed by atoms with Gasteiger partial charge in [-0.15, -0.1) is 0 Å². The predicted octanol–water partition coefficient (Wildman–Crippen LogP) is 0.667. The van der Waals surface area contributed by atoms with Crippen molar-refractivity contribution < 1.29 is 14.3 Å². The maximum atomic E-state index is 11.4. The fourth-order valence-corrected chi connectivity index (χ4v) is 1.98. The molecule has 0 bridgehead atoms. The van der Waals surface area contributed by atoms with Crippen LogP contribution >= 0.6 is 0 Å². The molecule has 2 unspecified atom stereocenters. The molecule has 1 saturated heterocycles. The Morgan fingerprint density at radius 3 is 2.95 bits per heavy atom. The SMILES string of the molecule is COC(=O)c1cccc(NC2NC(=O)CC(C)N2)c1. The van der Waals surface area contributed by atoms with Gasteiger partial charge in [0.15, 0.2) is 6.29 Å². The van der Waals surface area contributed by atoms with E-state index in [1.165, 1.54) is 7.11 Å². The van der Waals surface area contributed by atoms with Crippen LogP contribution in [0.2, 0.25) is 0 Å². The Kier molecular flexibility index (Phi) is 4.01. The minimum absolute atomic E-state index is 0.00660. The van der Waals surface area contributed by atoms with Crippen LogP contribution in [0, 0.1) is 0 Å². The lowest BCUT2D eigenvalue weighted by Crippen LogP contribution is -2.59. The van der Waals surface area contributed by atoms with Crippen molar-refractivity contribution in [2.24, 2.45) is 0 Å². The van der Waals surface area contributed by atoms with Gasteiger partial charge >= 0.3 is 5.97 Å². The Hall–Kier alpha value is -2.08. The van der Waals surface area contributed by atoms with E-state index in [-0.39, 0.29) is 18.2 Å². The van der Waals surface area contributed by atoms with Crippen molar-refractivity contribution in [1.82, 2.24) is 10.6 Å². The number of methoxy groups -OCH3 is 1. The molecule has 102 valence electrons. The number of ether oxygens (including phenoxy) is 1. The normalized spacial score (nSPS) is 22.5. The van der Waals surface area contributed by atoms with Gasteiger partial charge in [-0.2, -0.15) is 0 Å². The number of esters is 1. The fourth-order valence-electron chi connectivity index (χ4n) is 1.98. The monoisotopic (exact) mass is 263 g/mol. The Morgan fingerprint density at radius 2 is 2.26 bits per heavy atom. The maximum Gasteiger partial charge on any atom is 0.337 e. The number of carbonyl (C=O) groups is 2. The summed E-state index contributed by atoms with van der Waals surface area (Å²) < 4.78 is 4.66. The summed E-state index contributed by atoms with van der Waals surface area (Å²) in [6.45, 7) is 1.94. The van der Waals surface area contributed by atoms with Crippen molar-refractivity contribution in [3.8, 4) is 0 Å². The topological polar surface area (TPSA) is 79.5 Å². The summed E-state index contributed by atoms with van der Waals surface area (Å²) in [4.78, 5) is 22.9. The van der Waals surface area contributed by atoms with E-state index in [0.29, 0.717) is 12.0 Å². The quantitative estimate of drug-likeness (QED) is 0.698. The molecule has 2 atom stereocenters. The molecule has 6 nitrogen and oxygen atoms in total. The molecular weight excluding hydrogens is 246 g/mol. The Bertz CT molecular complexity index is 490. The van der Waals surface area contributed by atoms with Crippen molar-refractivity contribution in [2.75, 3.05) is 12.4 Å². The summed E-state index contributed by atoms with van der Waals surface area (Å²) in [6.07, 6.45) is 0.115. The van der Waals surface area contributed by atoms with Gasteiger partial charge in [-0.05, 0) is 25.1 Å². The predicted molar refractivity (Wildman–Crippen MR) is 70.5 cm³/mol. The molecule has 1 heterocycles. The van der Waals surface area contributed by atoms with E-state index >= 15 is 0 Å². The first kappa shape index (κ1) is 13.4. The number of carbonyl (C=O) groups excluding carboxylic acids is 2. The van der Waals surface area contributed by atoms with Gasteiger partial charge in [0.2, 0.25) is 5.91 Å². The molecule has 0 saturated carbocycles. The fraction of sp³-hybridized carbons (Fsp3) is 0.385. The first-order valence-electron chi connectivity index (χ1n) is 6.09. The van der Waals surface area contributed by atoms with Crippen LogP contribution in [0.4, 0.5) is 5.69 Å². The third-order valence-corrected chi connectivity index (χ3v) is 2.84. The van der Waals surface area contributed by atoms with Crippen LogP contribution < -0.4 is 16.0 Å². The van der Waals surface area contributed by atoms with Crippen molar-refractivity contribution >= 4 is 17.6 Å². The highest BCUT2D eigenvalue weighted by atomic mass is 16.5. The van der Waals surface area contributed by atoms with Crippen LogP contribution in [0.5, 0.6) is 0 Å². The number of benzene rings is 1. The number of nitrogens with one attached hydrogen (secondary N) is 3. The molecule has 0 aromatic heterocycles. The second kappa shape index (κ2) is 5.71. The molecule has 6 heteroatoms. The van der Waals surface area contributed by atoms with Gasteiger partial charge < -0.3 is 15.4 Å². The average Bonchev–Trinajstić information content (AvgIpc) is 2.37. The zero-order valence-corrected chi connectivity index (χ0v) is 10.9. The molecule has 1 aliphatic heterocycles. The van der Waals surface area contributed by atoms with Crippen LogP contribution in [0.25, 0.3) is 0 Å². The summed E-state index contributed by atoms with van der Waals surface area (Å²) in [5.41, 5.74) is 1.19. The van der Waals surface area contributed by atoms with Gasteiger partial charge in [-0.25, -0.2) is 4.79 Å². The number of hydrogen-bond acceptors (Lipinski definition) is 5. The highest BCUT2D eigenvalue weighted by molar-refractivity contribution is 5.90. The van der Waals surface area contributed by atoms with Gasteiger partial charge in [0, 0.05) is 18.2 Å². The zero-order valence-electron chi connectivity index (χ0n) is 10.9. The summed E-state index contributed by atoms with van der Waals surface area (Å²) in [7, 11) is 1.34. The van der Waals surface area contributed by atoms with E-state index in [9.17, 15) is 9.59 Å². The molecule has 1 amide bonds. The molecule has 0 aliphatic carbocycles. The van der Waals surface area contributed by atoms with Crippen LogP contribution in [-0.2, 0) is 9.53 Å². The summed E-state index contributed by atoms with van der Waals surface area (Å²) in [5, 5.41) is 9.09. The number of anilines is 1. The second-order valence-electron chi connectivity index (χ2n) is 4.49. The lowest BCUT2D eigenvalue weighted by molar-refractivity contribution is -0.123. The first-order chi connectivity index (χ1) is 9.08. The Morgan fingerprint density at radius 1 is 1.47 bits per heavy atom. The number of rotatable bonds is 3. The summed E-state index contributed by atoms with van der Waals surface area (Å²) in [6, 6.07) is 7.03. The van der Waals surface area contributed by atoms with Gasteiger partial charge in [0.05, 0.1) is 12.7 Å². The van der Waals surface area contributed by atoms with Gasteiger partial charge in [0.25, 0.3) is 0 Å². The molecule has 1 fully saturated rings. The third kappa shape index (κ3) is 3.45. The lowest BCUT2D eigenvalue weighted by atomic mass is 10.2. The van der Waals surface area contributed by atoms with Crippen LogP contribution in [0.1, 0.15) is 23.7 Å². The molecule has 1 aromatic rings. The molecule has 0 radical (unpaired) electrons. The smallest absolute Gasteiger partial charge is 0.337 e. The van der Waals surface area contributed by atoms with Crippen LogP contribution in [0.15, 0.2) is 24.3 Å². The minimum atomic E-state index is -0.391. The minimum Gasteiger partial charge on any atom is -0.465 e. The molecule has 1 aliphatic rings. The van der Waals surface area contributed by atoms with Gasteiger partial charge in [-0.3, -0.25) is 10.1 Å². The maximum absolute atomic E-state index is 11.4. The highest BCUT2D eigenvalue weighted by Crippen LogP contribution is 2.13. The molecule has 19 heavy (non-hydrogen) atoms. The van der Waals surface area contributed by atoms with E-state index in [4.69, 9.17) is 0 Å². The summed E-state index contributed by atoms with van der Waals surface area (Å²) in [5.74, 6) is -0.398. The highest BCUT2D eigenvalue weighted by Gasteiger charge is 2.22. The number of amides is 1. The summed E-state index contributed by atoms with van der Waals surface area (Å²) >= 11 is 0. The van der Waals surface area contributed by atoms with E-state index in [0.717, 1.165) is 5.69 Å². The average molecular weight is 263 g/mol. The van der Waals surface area contributed by atoms with Crippen molar-refractivity contribution in [3.63, 3.8) is 0 Å². The van der Waals surface area contributed by atoms with Crippen LogP contribution in [0.3, 0.4) is 0 Å². The molecule has 0 spiro atoms. The molecule has 3 N–H and O–H groups in total. The van der Waals surface area contributed by atoms with Gasteiger partial charge in [0.1, 0.15) is 0 Å². The lowest BCUT2D eigenvalue weighted by Gasteiger charge is -2.30.